The highest BCUT2D eigenvalue weighted by Gasteiger charge is 2.20. The maximum atomic E-state index is 5.30. The van der Waals surface area contributed by atoms with E-state index < -0.39 is 0 Å². The van der Waals surface area contributed by atoms with Crippen molar-refractivity contribution < 1.29 is 9.16 Å². The Morgan fingerprint density at radius 1 is 1.78 bits per heavy atom. The molecule has 0 aromatic carbocycles. The lowest BCUT2D eigenvalue weighted by molar-refractivity contribution is 0.354. The summed E-state index contributed by atoms with van der Waals surface area (Å²) in [5, 5.41) is 0. The first kappa shape index (κ1) is 7.25. The van der Waals surface area contributed by atoms with Crippen LogP contribution in [0.5, 0.6) is 0 Å². The van der Waals surface area contributed by atoms with Crippen LogP contribution >= 0.6 is 0 Å². The van der Waals surface area contributed by atoms with Gasteiger partial charge in [0, 0.05) is 6.61 Å². The lowest BCUT2D eigenvalue weighted by Crippen LogP contribution is -1.98. The van der Waals surface area contributed by atoms with Crippen molar-refractivity contribution in [1.29, 1.82) is 0 Å². The zero-order chi connectivity index (χ0) is 6.53. The molecule has 0 bridgehead atoms. The minimum atomic E-state index is -0.172. The molecule has 54 valence electrons. The van der Waals surface area contributed by atoms with Gasteiger partial charge in [-0.25, -0.2) is 0 Å². The van der Waals surface area contributed by atoms with E-state index in [1.54, 1.807) is 0 Å². The smallest absolute Gasteiger partial charge is 0.161 e. The number of rotatable bonds is 5. The van der Waals surface area contributed by atoms with Crippen LogP contribution in [0, 0.1) is 0 Å². The van der Waals surface area contributed by atoms with Gasteiger partial charge in [0.1, 0.15) is 0 Å². The molecule has 1 aliphatic rings. The van der Waals surface area contributed by atoms with Gasteiger partial charge in [0.15, 0.2) is 9.76 Å². The molecule has 0 spiro atoms. The Hall–Kier alpha value is 0.137. The number of hydrogen-bond donors (Lipinski definition) is 0. The highest BCUT2D eigenvalue weighted by Crippen LogP contribution is 2.14. The minimum Gasteiger partial charge on any atom is -0.424 e. The fraction of sp³-hybridized carbons (Fsp3) is 1.00. The predicted octanol–water partition coefficient (Wildman–Crippen LogP) is 0.314. The van der Waals surface area contributed by atoms with Crippen LogP contribution in [0.2, 0.25) is 6.04 Å². The molecule has 2 nitrogen and oxygen atoms in total. The van der Waals surface area contributed by atoms with E-state index in [0.717, 1.165) is 13.2 Å². The molecule has 0 amide bonds. The Morgan fingerprint density at radius 2 is 2.56 bits per heavy atom. The molecule has 0 aromatic rings. The minimum absolute atomic E-state index is 0.172. The zero-order valence-electron chi connectivity index (χ0n) is 5.93. The molecule has 1 unspecified atom stereocenters. The van der Waals surface area contributed by atoms with Crippen molar-refractivity contribution in [2.75, 3.05) is 13.2 Å². The third-order valence-electron chi connectivity index (χ3n) is 1.42. The zero-order valence-corrected chi connectivity index (χ0v) is 7.34. The quantitative estimate of drug-likeness (QED) is 0.316. The molecular weight excluding hydrogens is 132 g/mol. The second kappa shape index (κ2) is 4.03. The van der Waals surface area contributed by atoms with Gasteiger partial charge in [0.25, 0.3) is 0 Å². The average Bonchev–Trinajstić information content (AvgIpc) is 2.63. The van der Waals surface area contributed by atoms with Crippen molar-refractivity contribution in [2.45, 2.75) is 25.5 Å². The summed E-state index contributed by atoms with van der Waals surface area (Å²) >= 11 is 0. The van der Waals surface area contributed by atoms with Gasteiger partial charge in [0.2, 0.25) is 0 Å². The van der Waals surface area contributed by atoms with E-state index in [1.165, 1.54) is 12.5 Å². The molecule has 1 heterocycles. The number of ether oxygens (including phenoxy) is 1. The summed E-state index contributed by atoms with van der Waals surface area (Å²) < 4.78 is 10.4. The molecule has 9 heavy (non-hydrogen) atoms. The second-order valence-electron chi connectivity index (χ2n) is 2.29. The lowest BCUT2D eigenvalue weighted by atomic mass is 10.4. The molecule has 1 aliphatic heterocycles. The lowest BCUT2D eigenvalue weighted by Gasteiger charge is -1.96. The normalized spacial score (nSPS) is 25.7. The Kier molecular flexibility index (Phi) is 3.25. The monoisotopic (exact) mass is 146 g/mol. The van der Waals surface area contributed by atoms with Crippen molar-refractivity contribution in [2.24, 2.45) is 0 Å². The fourth-order valence-corrected chi connectivity index (χ4v) is 1.91. The third-order valence-corrected chi connectivity index (χ3v) is 2.82. The fourth-order valence-electron chi connectivity index (χ4n) is 0.792. The van der Waals surface area contributed by atoms with Crippen molar-refractivity contribution in [1.82, 2.24) is 0 Å². The molecule has 1 atom stereocenters. The maximum absolute atomic E-state index is 5.30. The van der Waals surface area contributed by atoms with E-state index in [4.69, 9.17) is 9.16 Å². The van der Waals surface area contributed by atoms with Crippen LogP contribution in [0.15, 0.2) is 0 Å². The van der Waals surface area contributed by atoms with Crippen molar-refractivity contribution in [3.05, 3.63) is 0 Å². The predicted molar refractivity (Wildman–Crippen MR) is 39.3 cm³/mol. The van der Waals surface area contributed by atoms with Crippen LogP contribution in [0.25, 0.3) is 0 Å². The van der Waals surface area contributed by atoms with Gasteiger partial charge in [-0.3, -0.25) is 0 Å². The molecule has 0 saturated carbocycles. The van der Waals surface area contributed by atoms with Crippen molar-refractivity contribution in [3.63, 3.8) is 0 Å². The van der Waals surface area contributed by atoms with Gasteiger partial charge in [-0.1, -0.05) is 0 Å². The summed E-state index contributed by atoms with van der Waals surface area (Å²) in [6.07, 6.45) is 1.85. The first-order valence-corrected chi connectivity index (χ1v) is 5.20. The van der Waals surface area contributed by atoms with Gasteiger partial charge >= 0.3 is 0 Å². The summed E-state index contributed by atoms with van der Waals surface area (Å²) in [5.74, 6) is 0. The Labute approximate surface area is 58.5 Å². The molecule has 0 aromatic heterocycles. The maximum Gasteiger partial charge on any atom is 0.161 e. The molecule has 1 saturated heterocycles. The Morgan fingerprint density at radius 3 is 3.11 bits per heavy atom. The summed E-state index contributed by atoms with van der Waals surface area (Å²) in [7, 11) is -0.172. The molecule has 1 fully saturated rings. The van der Waals surface area contributed by atoms with Crippen LogP contribution in [0.4, 0.5) is 0 Å². The molecule has 0 N–H and O–H groups in total. The summed E-state index contributed by atoms with van der Waals surface area (Å²) in [5.41, 5.74) is 0. The van der Waals surface area contributed by atoms with Gasteiger partial charge in [-0.15, -0.1) is 0 Å². The highest BCUT2D eigenvalue weighted by atomic mass is 28.2. The van der Waals surface area contributed by atoms with Gasteiger partial charge < -0.3 is 9.16 Å². The first-order chi connectivity index (χ1) is 4.43. The molecule has 0 radical (unpaired) electrons. The van der Waals surface area contributed by atoms with Crippen LogP contribution in [-0.2, 0) is 9.16 Å². The van der Waals surface area contributed by atoms with E-state index in [-0.39, 0.29) is 9.76 Å². The van der Waals surface area contributed by atoms with Crippen LogP contribution < -0.4 is 0 Å². The van der Waals surface area contributed by atoms with Gasteiger partial charge in [-0.05, 0) is 19.4 Å². The van der Waals surface area contributed by atoms with Crippen LogP contribution in [-0.4, -0.2) is 29.1 Å². The van der Waals surface area contributed by atoms with E-state index in [9.17, 15) is 0 Å². The molecule has 0 aliphatic carbocycles. The Bertz CT molecular complexity index is 73.5. The summed E-state index contributed by atoms with van der Waals surface area (Å²) in [6.45, 7) is 3.96. The second-order valence-corrected chi connectivity index (χ2v) is 3.82. The highest BCUT2D eigenvalue weighted by molar-refractivity contribution is 6.26. The van der Waals surface area contributed by atoms with E-state index >= 15 is 0 Å². The van der Waals surface area contributed by atoms with E-state index in [0.29, 0.717) is 6.10 Å². The summed E-state index contributed by atoms with van der Waals surface area (Å²) in [4.78, 5) is 0. The standard InChI is InChI=1S/C6H14O2Si/c1-2-8-9-4-3-6-5-7-6/h6H,2-5,9H2,1H3. The van der Waals surface area contributed by atoms with Crippen molar-refractivity contribution >= 4 is 9.76 Å². The van der Waals surface area contributed by atoms with Gasteiger partial charge in [-0.2, -0.15) is 0 Å². The number of hydrogen-bond acceptors (Lipinski definition) is 2. The SMILES string of the molecule is CCO[SiH2]CCC1CO1. The van der Waals surface area contributed by atoms with Crippen molar-refractivity contribution in [3.8, 4) is 0 Å². The Balaban J connectivity index is 1.71. The average molecular weight is 146 g/mol. The first-order valence-electron chi connectivity index (χ1n) is 3.63. The third kappa shape index (κ3) is 3.67. The molecule has 3 heteroatoms. The van der Waals surface area contributed by atoms with Gasteiger partial charge in [0.05, 0.1) is 12.7 Å². The van der Waals surface area contributed by atoms with E-state index in [1.807, 2.05) is 0 Å². The van der Waals surface area contributed by atoms with Crippen LogP contribution in [0.1, 0.15) is 13.3 Å². The number of epoxide rings is 1. The topological polar surface area (TPSA) is 21.8 Å². The summed E-state index contributed by atoms with van der Waals surface area (Å²) in [6, 6.07) is 1.29. The largest absolute Gasteiger partial charge is 0.424 e. The van der Waals surface area contributed by atoms with Crippen LogP contribution in [0.3, 0.4) is 0 Å². The van der Waals surface area contributed by atoms with E-state index in [2.05, 4.69) is 6.92 Å². The molecule has 1 rings (SSSR count). The molecular formula is C6H14O2Si.